The fourth-order valence-electron chi connectivity index (χ4n) is 3.96. The molecule has 1 aliphatic heterocycles. The zero-order chi connectivity index (χ0) is 23.7. The molecule has 0 saturated carbocycles. The molecular formula is C26H21N3O5. The van der Waals surface area contributed by atoms with Crippen molar-refractivity contribution in [2.45, 2.75) is 19.1 Å². The van der Waals surface area contributed by atoms with Gasteiger partial charge in [-0.3, -0.25) is 9.59 Å². The maximum atomic E-state index is 13.2. The highest BCUT2D eigenvalue weighted by Gasteiger charge is 2.50. The average Bonchev–Trinajstić information content (AvgIpc) is 3.34. The van der Waals surface area contributed by atoms with E-state index in [1.165, 1.54) is 0 Å². The van der Waals surface area contributed by atoms with Crippen molar-refractivity contribution in [2.75, 3.05) is 0 Å². The first-order valence-electron chi connectivity index (χ1n) is 10.7. The molecule has 0 spiro atoms. The summed E-state index contributed by atoms with van der Waals surface area (Å²) in [7, 11) is 0. The molecule has 1 fully saturated rings. The Bertz CT molecular complexity index is 1380. The number of hydrazine groups is 1. The molecule has 2 N–H and O–H groups in total. The van der Waals surface area contributed by atoms with Gasteiger partial charge in [-0.05, 0) is 30.7 Å². The Morgan fingerprint density at radius 1 is 0.971 bits per heavy atom. The van der Waals surface area contributed by atoms with Crippen LogP contribution in [0.2, 0.25) is 0 Å². The van der Waals surface area contributed by atoms with Crippen LogP contribution in [-0.2, 0) is 16.9 Å². The van der Waals surface area contributed by atoms with Crippen LogP contribution < -0.4 is 15.5 Å². The fraction of sp³-hybridized carbons (Fsp3) is 0.115. The van der Waals surface area contributed by atoms with Crippen molar-refractivity contribution in [1.29, 1.82) is 0 Å². The van der Waals surface area contributed by atoms with Crippen LogP contribution in [-0.4, -0.2) is 22.9 Å². The molecule has 0 bridgehead atoms. The number of rotatable bonds is 6. The predicted molar refractivity (Wildman–Crippen MR) is 124 cm³/mol. The molecule has 0 aliphatic carbocycles. The maximum Gasteiger partial charge on any atom is 0.344 e. The summed E-state index contributed by atoms with van der Waals surface area (Å²) in [4.78, 5) is 39.0. The van der Waals surface area contributed by atoms with E-state index in [-0.39, 0.29) is 12.4 Å². The number of hydrogen-bond donors (Lipinski definition) is 2. The number of imide groups is 1. The Hall–Kier alpha value is -4.59. The van der Waals surface area contributed by atoms with Crippen molar-refractivity contribution in [3.8, 4) is 5.75 Å². The van der Waals surface area contributed by atoms with Gasteiger partial charge in [-0.25, -0.2) is 10.2 Å². The Morgan fingerprint density at radius 3 is 2.35 bits per heavy atom. The van der Waals surface area contributed by atoms with E-state index in [1.807, 2.05) is 36.4 Å². The van der Waals surface area contributed by atoms with Gasteiger partial charge in [0, 0.05) is 10.9 Å². The van der Waals surface area contributed by atoms with E-state index >= 15 is 0 Å². The maximum absolute atomic E-state index is 13.2. The topological polar surface area (TPSA) is 101 Å². The molecule has 4 aromatic rings. The van der Waals surface area contributed by atoms with Crippen molar-refractivity contribution >= 4 is 28.8 Å². The number of carbonyl (C=O) groups excluding carboxylic acids is 3. The summed E-state index contributed by atoms with van der Waals surface area (Å²) in [6, 6.07) is 24.4. The average molecular weight is 455 g/mol. The first kappa shape index (κ1) is 21.3. The van der Waals surface area contributed by atoms with E-state index in [9.17, 15) is 14.4 Å². The van der Waals surface area contributed by atoms with E-state index < -0.39 is 23.4 Å². The molecule has 170 valence electrons. The third-order valence-electron chi connectivity index (χ3n) is 5.79. The van der Waals surface area contributed by atoms with Crippen molar-refractivity contribution in [2.24, 2.45) is 0 Å². The van der Waals surface area contributed by atoms with Gasteiger partial charge in [0.15, 0.2) is 0 Å². The number of ether oxygens (including phenoxy) is 1. The second kappa shape index (κ2) is 8.40. The van der Waals surface area contributed by atoms with Crippen LogP contribution in [0.1, 0.15) is 28.6 Å². The summed E-state index contributed by atoms with van der Waals surface area (Å²) in [5, 5.41) is 4.05. The van der Waals surface area contributed by atoms with Gasteiger partial charge in [-0.1, -0.05) is 66.7 Å². The van der Waals surface area contributed by atoms with Crippen molar-refractivity contribution in [3.05, 3.63) is 102 Å². The first-order valence-corrected chi connectivity index (χ1v) is 10.7. The van der Waals surface area contributed by atoms with Crippen molar-refractivity contribution in [1.82, 2.24) is 15.8 Å². The van der Waals surface area contributed by atoms with Crippen LogP contribution in [0.25, 0.3) is 11.0 Å². The summed E-state index contributed by atoms with van der Waals surface area (Å²) in [5.74, 6) is -0.739. The Labute approximate surface area is 195 Å². The number of fused-ring (bicyclic) bond motifs is 1. The number of para-hydroxylation sites is 2. The van der Waals surface area contributed by atoms with Crippen LogP contribution in [0.3, 0.4) is 0 Å². The van der Waals surface area contributed by atoms with Crippen LogP contribution in [0.5, 0.6) is 5.75 Å². The van der Waals surface area contributed by atoms with Crippen molar-refractivity contribution in [3.63, 3.8) is 0 Å². The molecule has 0 radical (unpaired) electrons. The molecule has 1 saturated heterocycles. The minimum Gasteiger partial charge on any atom is -0.489 e. The molecule has 1 aliphatic rings. The first-order chi connectivity index (χ1) is 16.5. The Balaban J connectivity index is 1.42. The lowest BCUT2D eigenvalue weighted by atomic mass is 9.92. The number of nitrogens with zero attached hydrogens (tertiary/aromatic N) is 1. The van der Waals surface area contributed by atoms with Crippen LogP contribution >= 0.6 is 0 Å². The number of benzene rings is 3. The standard InChI is InChI=1S/C26H21N3O5/c1-26(17-10-4-2-5-11-17)24(31)29(25(32)27-26)28-23(30)22-20(16-33-18-12-6-3-7-13-18)19-14-8-9-15-21(19)34-22/h2-15H,16H2,1H3,(H,27,32)(H,28,30)/t26-/m0/s1. The SMILES string of the molecule is C[C@@]1(c2ccccc2)NC(=O)N(NC(=O)c2oc3ccccc3c2COc2ccccc2)C1=O. The van der Waals surface area contributed by atoms with Crippen LogP contribution in [0, 0.1) is 0 Å². The summed E-state index contributed by atoms with van der Waals surface area (Å²) in [6.45, 7) is 1.65. The molecule has 5 rings (SSSR count). The van der Waals surface area contributed by atoms with E-state index in [1.54, 1.807) is 55.5 Å². The second-order valence-electron chi connectivity index (χ2n) is 8.01. The number of urea groups is 1. The van der Waals surface area contributed by atoms with Gasteiger partial charge >= 0.3 is 11.9 Å². The summed E-state index contributed by atoms with van der Waals surface area (Å²) in [5.41, 5.74) is 2.70. The molecule has 1 aromatic heterocycles. The minimum atomic E-state index is -1.31. The lowest BCUT2D eigenvalue weighted by Crippen LogP contribution is -2.48. The molecular weight excluding hydrogens is 434 g/mol. The third kappa shape index (κ3) is 3.65. The molecule has 0 unspecified atom stereocenters. The number of carbonyl (C=O) groups is 3. The molecule has 4 amide bonds. The fourth-order valence-corrected chi connectivity index (χ4v) is 3.96. The Morgan fingerprint density at radius 2 is 1.62 bits per heavy atom. The van der Waals surface area contributed by atoms with E-state index in [0.29, 0.717) is 32.9 Å². The van der Waals surface area contributed by atoms with Crippen LogP contribution in [0.4, 0.5) is 4.79 Å². The monoisotopic (exact) mass is 455 g/mol. The highest BCUT2D eigenvalue weighted by Crippen LogP contribution is 2.30. The lowest BCUT2D eigenvalue weighted by Gasteiger charge is -2.22. The zero-order valence-corrected chi connectivity index (χ0v) is 18.3. The van der Waals surface area contributed by atoms with Crippen LogP contribution in [0.15, 0.2) is 89.3 Å². The third-order valence-corrected chi connectivity index (χ3v) is 5.79. The van der Waals surface area contributed by atoms with Crippen molar-refractivity contribution < 1.29 is 23.5 Å². The summed E-state index contributed by atoms with van der Waals surface area (Å²) in [6.07, 6.45) is 0. The Kier molecular flexibility index (Phi) is 5.25. The molecule has 2 heterocycles. The molecule has 3 aromatic carbocycles. The quantitative estimate of drug-likeness (QED) is 0.426. The normalized spacial score (nSPS) is 17.6. The number of nitrogens with one attached hydrogen (secondary N) is 2. The highest BCUT2D eigenvalue weighted by molar-refractivity contribution is 6.09. The molecule has 34 heavy (non-hydrogen) atoms. The van der Waals surface area contributed by atoms with Gasteiger partial charge in [-0.15, -0.1) is 0 Å². The van der Waals surface area contributed by atoms with Gasteiger partial charge in [-0.2, -0.15) is 5.01 Å². The van der Waals surface area contributed by atoms with E-state index in [2.05, 4.69) is 10.7 Å². The smallest absolute Gasteiger partial charge is 0.344 e. The highest BCUT2D eigenvalue weighted by atomic mass is 16.5. The van der Waals surface area contributed by atoms with E-state index in [0.717, 1.165) is 0 Å². The molecule has 1 atom stereocenters. The zero-order valence-electron chi connectivity index (χ0n) is 18.3. The van der Waals surface area contributed by atoms with Gasteiger partial charge in [0.1, 0.15) is 23.5 Å². The largest absolute Gasteiger partial charge is 0.489 e. The summed E-state index contributed by atoms with van der Waals surface area (Å²) < 4.78 is 11.7. The lowest BCUT2D eigenvalue weighted by molar-refractivity contribution is -0.132. The summed E-state index contributed by atoms with van der Waals surface area (Å²) >= 11 is 0. The van der Waals surface area contributed by atoms with Gasteiger partial charge < -0.3 is 14.5 Å². The molecule has 8 heteroatoms. The van der Waals surface area contributed by atoms with E-state index in [4.69, 9.17) is 9.15 Å². The van der Waals surface area contributed by atoms with Gasteiger partial charge in [0.25, 0.3) is 5.91 Å². The van der Waals surface area contributed by atoms with Gasteiger partial charge in [0.2, 0.25) is 5.76 Å². The molecule has 8 nitrogen and oxygen atoms in total. The van der Waals surface area contributed by atoms with Gasteiger partial charge in [0.05, 0.1) is 0 Å². The number of hydrogen-bond acceptors (Lipinski definition) is 5. The number of amides is 4. The second-order valence-corrected chi connectivity index (χ2v) is 8.01. The number of furan rings is 1. The predicted octanol–water partition coefficient (Wildman–Crippen LogP) is 4.12. The minimum absolute atomic E-state index is 0.0361.